The zero-order valence-corrected chi connectivity index (χ0v) is 10.6. The van der Waals surface area contributed by atoms with E-state index < -0.39 is 0 Å². The molecule has 2 heterocycles. The lowest BCUT2D eigenvalue weighted by Gasteiger charge is -2.18. The SMILES string of the molecule is O=C1c2ccccc2CN1CC(S)c1ncc[nH]1. The molecule has 0 saturated heterocycles. The van der Waals surface area contributed by atoms with Crippen molar-refractivity contribution in [1.82, 2.24) is 14.9 Å². The molecule has 1 aromatic heterocycles. The number of hydrogen-bond donors (Lipinski definition) is 2. The van der Waals surface area contributed by atoms with Gasteiger partial charge in [-0.05, 0) is 11.6 Å². The summed E-state index contributed by atoms with van der Waals surface area (Å²) >= 11 is 4.49. The summed E-state index contributed by atoms with van der Waals surface area (Å²) in [7, 11) is 0. The Kier molecular flexibility index (Phi) is 2.83. The van der Waals surface area contributed by atoms with Crippen LogP contribution in [0.2, 0.25) is 0 Å². The third-order valence-electron chi connectivity index (χ3n) is 3.12. The Balaban J connectivity index is 1.75. The van der Waals surface area contributed by atoms with Gasteiger partial charge >= 0.3 is 0 Å². The number of nitrogens with one attached hydrogen (secondary N) is 1. The summed E-state index contributed by atoms with van der Waals surface area (Å²) < 4.78 is 0. The Morgan fingerprint density at radius 3 is 3.00 bits per heavy atom. The van der Waals surface area contributed by atoms with Crippen LogP contribution in [-0.4, -0.2) is 27.3 Å². The van der Waals surface area contributed by atoms with Crippen molar-refractivity contribution >= 4 is 18.5 Å². The van der Waals surface area contributed by atoms with Gasteiger partial charge in [0.15, 0.2) is 0 Å². The molecule has 1 atom stereocenters. The average molecular weight is 259 g/mol. The molecule has 0 fully saturated rings. The molecule has 1 N–H and O–H groups in total. The maximum atomic E-state index is 12.2. The van der Waals surface area contributed by atoms with Crippen LogP contribution in [0.3, 0.4) is 0 Å². The van der Waals surface area contributed by atoms with Crippen LogP contribution in [0.4, 0.5) is 0 Å². The van der Waals surface area contributed by atoms with E-state index in [-0.39, 0.29) is 11.2 Å². The third-order valence-corrected chi connectivity index (χ3v) is 3.53. The molecule has 3 rings (SSSR count). The van der Waals surface area contributed by atoms with Gasteiger partial charge in [0.25, 0.3) is 5.91 Å². The minimum absolute atomic E-state index is 0.0798. The van der Waals surface area contributed by atoms with E-state index in [4.69, 9.17) is 0 Å². The molecule has 0 radical (unpaired) electrons. The number of carbonyl (C=O) groups is 1. The highest BCUT2D eigenvalue weighted by atomic mass is 32.1. The monoisotopic (exact) mass is 259 g/mol. The van der Waals surface area contributed by atoms with Crippen LogP contribution in [-0.2, 0) is 6.54 Å². The number of thiol groups is 1. The number of imidazole rings is 1. The highest BCUT2D eigenvalue weighted by molar-refractivity contribution is 7.80. The van der Waals surface area contributed by atoms with Gasteiger partial charge in [-0.25, -0.2) is 4.98 Å². The first-order chi connectivity index (χ1) is 8.75. The van der Waals surface area contributed by atoms with Crippen molar-refractivity contribution < 1.29 is 4.79 Å². The van der Waals surface area contributed by atoms with E-state index in [2.05, 4.69) is 22.6 Å². The van der Waals surface area contributed by atoms with E-state index in [9.17, 15) is 4.79 Å². The number of fused-ring (bicyclic) bond motifs is 1. The minimum Gasteiger partial charge on any atom is -0.348 e. The molecular weight excluding hydrogens is 246 g/mol. The molecule has 1 amide bonds. The first-order valence-corrected chi connectivity index (χ1v) is 6.32. The van der Waals surface area contributed by atoms with Gasteiger partial charge in [0, 0.05) is 31.0 Å². The maximum absolute atomic E-state index is 12.2. The van der Waals surface area contributed by atoms with Gasteiger partial charge in [-0.1, -0.05) is 18.2 Å². The second-order valence-corrected chi connectivity index (χ2v) is 4.96. The zero-order chi connectivity index (χ0) is 12.5. The summed E-state index contributed by atoms with van der Waals surface area (Å²) in [5.74, 6) is 0.873. The average Bonchev–Trinajstić information content (AvgIpc) is 3.00. The largest absolute Gasteiger partial charge is 0.348 e. The summed E-state index contributed by atoms with van der Waals surface area (Å²) in [6.07, 6.45) is 3.46. The summed E-state index contributed by atoms with van der Waals surface area (Å²) in [5.41, 5.74) is 1.89. The van der Waals surface area contributed by atoms with Crippen molar-refractivity contribution in [3.63, 3.8) is 0 Å². The van der Waals surface area contributed by atoms with Gasteiger partial charge in [0.05, 0.1) is 5.25 Å². The fourth-order valence-electron chi connectivity index (χ4n) is 2.22. The molecule has 1 aliphatic rings. The smallest absolute Gasteiger partial charge is 0.254 e. The fourth-order valence-corrected chi connectivity index (χ4v) is 2.56. The molecule has 0 bridgehead atoms. The lowest BCUT2D eigenvalue weighted by Crippen LogP contribution is -2.27. The summed E-state index contributed by atoms with van der Waals surface area (Å²) in [4.78, 5) is 21.2. The fraction of sp³-hybridized carbons (Fsp3) is 0.231. The van der Waals surface area contributed by atoms with Gasteiger partial charge in [-0.15, -0.1) is 0 Å². The van der Waals surface area contributed by atoms with Gasteiger partial charge in [-0.3, -0.25) is 4.79 Å². The molecule has 0 aliphatic carbocycles. The van der Waals surface area contributed by atoms with Crippen LogP contribution < -0.4 is 0 Å². The van der Waals surface area contributed by atoms with E-state index >= 15 is 0 Å². The number of rotatable bonds is 3. The number of nitrogens with zero attached hydrogens (tertiary/aromatic N) is 2. The van der Waals surface area contributed by atoms with Crippen LogP contribution in [0.1, 0.15) is 27.0 Å². The van der Waals surface area contributed by atoms with Crippen molar-refractivity contribution in [3.05, 3.63) is 53.6 Å². The molecule has 18 heavy (non-hydrogen) atoms. The normalized spacial score (nSPS) is 15.8. The number of hydrogen-bond acceptors (Lipinski definition) is 3. The number of aromatic amines is 1. The van der Waals surface area contributed by atoms with Crippen LogP contribution in [0.5, 0.6) is 0 Å². The van der Waals surface area contributed by atoms with E-state index in [1.807, 2.05) is 29.2 Å². The number of aromatic nitrogens is 2. The van der Waals surface area contributed by atoms with Crippen molar-refractivity contribution in [1.29, 1.82) is 0 Å². The summed E-state index contributed by atoms with van der Waals surface area (Å²) in [5, 5.41) is -0.0849. The Bertz CT molecular complexity index is 567. The second-order valence-electron chi connectivity index (χ2n) is 4.33. The third kappa shape index (κ3) is 1.90. The molecule has 1 aromatic carbocycles. The van der Waals surface area contributed by atoms with Gasteiger partial charge in [0.2, 0.25) is 0 Å². The Morgan fingerprint density at radius 2 is 2.28 bits per heavy atom. The molecule has 0 spiro atoms. The Morgan fingerprint density at radius 1 is 1.44 bits per heavy atom. The minimum atomic E-state index is -0.0849. The van der Waals surface area contributed by atoms with E-state index in [0.717, 1.165) is 17.0 Å². The standard InChI is InChI=1S/C13H13N3OS/c17-13-10-4-2-1-3-9(10)7-16(13)8-11(18)12-14-5-6-15-12/h1-6,11,18H,7-8H2,(H,14,15). The van der Waals surface area contributed by atoms with Gasteiger partial charge < -0.3 is 9.88 Å². The first-order valence-electron chi connectivity index (χ1n) is 5.80. The highest BCUT2D eigenvalue weighted by Gasteiger charge is 2.28. The summed E-state index contributed by atoms with van der Waals surface area (Å²) in [6.45, 7) is 1.22. The number of carbonyl (C=O) groups excluding carboxylic acids is 1. The molecule has 2 aromatic rings. The Labute approximate surface area is 110 Å². The number of benzene rings is 1. The van der Waals surface area contributed by atoms with Crippen LogP contribution in [0, 0.1) is 0 Å². The lowest BCUT2D eigenvalue weighted by molar-refractivity contribution is 0.0778. The van der Waals surface area contributed by atoms with Crippen molar-refractivity contribution in [2.75, 3.05) is 6.54 Å². The van der Waals surface area contributed by atoms with Gasteiger partial charge in [-0.2, -0.15) is 12.6 Å². The predicted octanol–water partition coefficient (Wildman–Crippen LogP) is 2.04. The van der Waals surface area contributed by atoms with Crippen LogP contribution in [0.15, 0.2) is 36.7 Å². The topological polar surface area (TPSA) is 49.0 Å². The van der Waals surface area contributed by atoms with Crippen molar-refractivity contribution in [3.8, 4) is 0 Å². The van der Waals surface area contributed by atoms with Crippen molar-refractivity contribution in [2.24, 2.45) is 0 Å². The van der Waals surface area contributed by atoms with Crippen molar-refractivity contribution in [2.45, 2.75) is 11.8 Å². The van der Waals surface area contributed by atoms with E-state index in [0.29, 0.717) is 13.1 Å². The van der Waals surface area contributed by atoms with Gasteiger partial charge in [0.1, 0.15) is 5.82 Å². The maximum Gasteiger partial charge on any atom is 0.254 e. The molecular formula is C13H13N3OS. The van der Waals surface area contributed by atoms with E-state index in [1.54, 1.807) is 12.4 Å². The zero-order valence-electron chi connectivity index (χ0n) is 9.71. The molecule has 5 heteroatoms. The Hall–Kier alpha value is -1.75. The molecule has 1 aliphatic heterocycles. The van der Waals surface area contributed by atoms with Crippen LogP contribution >= 0.6 is 12.6 Å². The molecule has 0 saturated carbocycles. The summed E-state index contributed by atoms with van der Waals surface area (Å²) in [6, 6.07) is 7.72. The number of amides is 1. The molecule has 92 valence electrons. The predicted molar refractivity (Wildman–Crippen MR) is 71.5 cm³/mol. The second kappa shape index (κ2) is 4.49. The lowest BCUT2D eigenvalue weighted by atomic mass is 10.1. The first kappa shape index (κ1) is 11.3. The molecule has 4 nitrogen and oxygen atoms in total. The van der Waals surface area contributed by atoms with E-state index in [1.165, 1.54) is 0 Å². The molecule has 1 unspecified atom stereocenters. The van der Waals surface area contributed by atoms with Crippen LogP contribution in [0.25, 0.3) is 0 Å². The quantitative estimate of drug-likeness (QED) is 0.829. The number of H-pyrrole nitrogens is 1. The highest BCUT2D eigenvalue weighted by Crippen LogP contribution is 2.26.